The van der Waals surface area contributed by atoms with Crippen molar-refractivity contribution < 1.29 is 0 Å². The van der Waals surface area contributed by atoms with E-state index in [4.69, 9.17) is 16.6 Å². The molecule has 2 aromatic rings. The van der Waals surface area contributed by atoms with Crippen LogP contribution in [0.2, 0.25) is 5.02 Å². The molecule has 0 saturated carbocycles. The van der Waals surface area contributed by atoms with Gasteiger partial charge in [0.25, 0.3) is 0 Å². The van der Waals surface area contributed by atoms with Crippen LogP contribution in [0.4, 0.5) is 5.82 Å². The average molecular weight is 263 g/mol. The quantitative estimate of drug-likeness (QED) is 0.816. The first-order valence-corrected chi connectivity index (χ1v) is 6.50. The normalized spacial score (nSPS) is 11.9. The summed E-state index contributed by atoms with van der Waals surface area (Å²) in [5.74, 6) is 0.945. The molecule has 1 N–H and O–H groups in total. The fraction of sp³-hybridized carbons (Fsp3) is 0.400. The van der Waals surface area contributed by atoms with Gasteiger partial charge in [-0.05, 0) is 36.1 Å². The summed E-state index contributed by atoms with van der Waals surface area (Å²) in [5, 5.41) is 5.06. The molecule has 3 heteroatoms. The van der Waals surface area contributed by atoms with Crippen LogP contribution >= 0.6 is 11.6 Å². The fourth-order valence-corrected chi connectivity index (χ4v) is 2.46. The van der Waals surface area contributed by atoms with Crippen molar-refractivity contribution >= 4 is 28.3 Å². The van der Waals surface area contributed by atoms with Gasteiger partial charge < -0.3 is 5.32 Å². The SMILES string of the molecule is CNc1nc2c(C)cc(Cl)cc2cc1C(C)(C)C. The van der Waals surface area contributed by atoms with Crippen molar-refractivity contribution in [3.8, 4) is 0 Å². The van der Waals surface area contributed by atoms with E-state index in [1.807, 2.05) is 26.1 Å². The van der Waals surface area contributed by atoms with E-state index in [0.717, 1.165) is 27.3 Å². The average Bonchev–Trinajstić information content (AvgIpc) is 2.26. The van der Waals surface area contributed by atoms with E-state index < -0.39 is 0 Å². The van der Waals surface area contributed by atoms with Crippen LogP contribution in [0, 0.1) is 6.92 Å². The maximum atomic E-state index is 6.12. The highest BCUT2D eigenvalue weighted by molar-refractivity contribution is 6.31. The molecule has 1 aromatic heterocycles. The molecule has 0 atom stereocenters. The lowest BCUT2D eigenvalue weighted by Crippen LogP contribution is -2.15. The maximum Gasteiger partial charge on any atom is 0.130 e. The number of nitrogens with zero attached hydrogens (tertiary/aromatic N) is 1. The van der Waals surface area contributed by atoms with Crippen molar-refractivity contribution in [1.82, 2.24) is 4.98 Å². The minimum Gasteiger partial charge on any atom is -0.373 e. The molecule has 0 radical (unpaired) electrons. The third-order valence-corrected chi connectivity index (χ3v) is 3.34. The number of anilines is 1. The van der Waals surface area contributed by atoms with E-state index in [0.29, 0.717) is 0 Å². The Morgan fingerprint density at radius 2 is 1.83 bits per heavy atom. The molecule has 0 aliphatic rings. The fourth-order valence-electron chi connectivity index (χ4n) is 2.18. The van der Waals surface area contributed by atoms with Crippen molar-refractivity contribution in [2.24, 2.45) is 0 Å². The second-order valence-electron chi connectivity index (χ2n) is 5.68. The van der Waals surface area contributed by atoms with Crippen molar-refractivity contribution in [3.63, 3.8) is 0 Å². The summed E-state index contributed by atoms with van der Waals surface area (Å²) in [6, 6.07) is 6.12. The zero-order chi connectivity index (χ0) is 13.5. The Morgan fingerprint density at radius 1 is 1.17 bits per heavy atom. The Hall–Kier alpha value is -1.28. The molecular weight excluding hydrogens is 244 g/mol. The summed E-state index contributed by atoms with van der Waals surface area (Å²) in [6.45, 7) is 8.60. The van der Waals surface area contributed by atoms with Gasteiger partial charge in [-0.3, -0.25) is 0 Å². The number of rotatable bonds is 1. The van der Waals surface area contributed by atoms with Crippen LogP contribution in [-0.2, 0) is 5.41 Å². The number of fused-ring (bicyclic) bond motifs is 1. The monoisotopic (exact) mass is 262 g/mol. The molecule has 0 aliphatic heterocycles. The minimum atomic E-state index is 0.0513. The molecule has 18 heavy (non-hydrogen) atoms. The van der Waals surface area contributed by atoms with Gasteiger partial charge in [0.2, 0.25) is 0 Å². The number of pyridine rings is 1. The highest BCUT2D eigenvalue weighted by Gasteiger charge is 2.20. The molecule has 1 heterocycles. The first kappa shape index (κ1) is 13.2. The molecule has 0 saturated heterocycles. The minimum absolute atomic E-state index is 0.0513. The van der Waals surface area contributed by atoms with Gasteiger partial charge >= 0.3 is 0 Å². The predicted molar refractivity (Wildman–Crippen MR) is 79.7 cm³/mol. The van der Waals surface area contributed by atoms with Crippen LogP contribution in [0.3, 0.4) is 0 Å². The largest absolute Gasteiger partial charge is 0.373 e. The molecule has 96 valence electrons. The predicted octanol–water partition coefficient (Wildman–Crippen LogP) is 4.54. The molecule has 0 bridgehead atoms. The third-order valence-electron chi connectivity index (χ3n) is 3.12. The molecule has 0 spiro atoms. The number of halogens is 1. The summed E-state index contributed by atoms with van der Waals surface area (Å²) in [7, 11) is 1.91. The third kappa shape index (κ3) is 2.30. The smallest absolute Gasteiger partial charge is 0.130 e. The van der Waals surface area contributed by atoms with E-state index >= 15 is 0 Å². The van der Waals surface area contributed by atoms with Crippen LogP contribution in [0.25, 0.3) is 10.9 Å². The van der Waals surface area contributed by atoms with Gasteiger partial charge in [-0.1, -0.05) is 32.4 Å². The van der Waals surface area contributed by atoms with Crippen LogP contribution in [0.15, 0.2) is 18.2 Å². The molecule has 0 aliphatic carbocycles. The molecule has 1 aromatic carbocycles. The van der Waals surface area contributed by atoms with Gasteiger partial charge in [0, 0.05) is 23.0 Å². The summed E-state index contributed by atoms with van der Waals surface area (Å²) in [6.07, 6.45) is 0. The van der Waals surface area contributed by atoms with Crippen LogP contribution < -0.4 is 5.32 Å². The molecule has 2 rings (SSSR count). The lowest BCUT2D eigenvalue weighted by atomic mass is 9.86. The summed E-state index contributed by atoms with van der Waals surface area (Å²) < 4.78 is 0. The van der Waals surface area contributed by atoms with Gasteiger partial charge in [0.05, 0.1) is 5.52 Å². The van der Waals surface area contributed by atoms with Crippen molar-refractivity contribution in [1.29, 1.82) is 0 Å². The number of aromatic nitrogens is 1. The van der Waals surface area contributed by atoms with Gasteiger partial charge in [0.1, 0.15) is 5.82 Å². The Morgan fingerprint density at radius 3 is 2.39 bits per heavy atom. The first-order valence-electron chi connectivity index (χ1n) is 6.12. The van der Waals surface area contributed by atoms with Crippen molar-refractivity contribution in [2.45, 2.75) is 33.1 Å². The molecular formula is C15H19ClN2. The molecule has 0 fully saturated rings. The number of nitrogens with one attached hydrogen (secondary N) is 1. The Bertz CT molecular complexity index is 597. The summed E-state index contributed by atoms with van der Waals surface area (Å²) in [4.78, 5) is 4.73. The maximum absolute atomic E-state index is 6.12. The summed E-state index contributed by atoms with van der Waals surface area (Å²) in [5.41, 5.74) is 3.38. The lowest BCUT2D eigenvalue weighted by Gasteiger charge is -2.23. The van der Waals surface area contributed by atoms with E-state index in [-0.39, 0.29) is 5.41 Å². The van der Waals surface area contributed by atoms with Crippen LogP contribution in [-0.4, -0.2) is 12.0 Å². The standard InChI is InChI=1S/C15H19ClN2/c1-9-6-11(16)7-10-8-12(15(2,3)4)14(17-5)18-13(9)10/h6-8H,1-5H3,(H,17,18). The highest BCUT2D eigenvalue weighted by atomic mass is 35.5. The van der Waals surface area contributed by atoms with Crippen LogP contribution in [0.5, 0.6) is 0 Å². The van der Waals surface area contributed by atoms with E-state index in [2.05, 4.69) is 32.2 Å². The van der Waals surface area contributed by atoms with Gasteiger partial charge in [-0.15, -0.1) is 0 Å². The topological polar surface area (TPSA) is 24.9 Å². The zero-order valence-electron chi connectivity index (χ0n) is 11.6. The van der Waals surface area contributed by atoms with E-state index in [1.165, 1.54) is 5.56 Å². The lowest BCUT2D eigenvalue weighted by molar-refractivity contribution is 0.591. The van der Waals surface area contributed by atoms with Gasteiger partial charge in [0.15, 0.2) is 0 Å². The molecule has 0 unspecified atom stereocenters. The zero-order valence-corrected chi connectivity index (χ0v) is 12.3. The highest BCUT2D eigenvalue weighted by Crippen LogP contribution is 2.33. The van der Waals surface area contributed by atoms with Gasteiger partial charge in [-0.25, -0.2) is 4.98 Å². The van der Waals surface area contributed by atoms with E-state index in [9.17, 15) is 0 Å². The van der Waals surface area contributed by atoms with Crippen LogP contribution in [0.1, 0.15) is 31.9 Å². The number of hydrogen-bond donors (Lipinski definition) is 1. The van der Waals surface area contributed by atoms with Crippen molar-refractivity contribution in [3.05, 3.63) is 34.3 Å². The number of aryl methyl sites for hydroxylation is 1. The molecule has 0 amide bonds. The van der Waals surface area contributed by atoms with Gasteiger partial charge in [-0.2, -0.15) is 0 Å². The van der Waals surface area contributed by atoms with Crippen molar-refractivity contribution in [2.75, 3.05) is 12.4 Å². The number of benzene rings is 1. The molecule has 2 nitrogen and oxygen atoms in total. The Balaban J connectivity index is 2.81. The Labute approximate surface area is 113 Å². The second kappa shape index (κ2) is 4.43. The Kier molecular flexibility index (Phi) is 3.24. The van der Waals surface area contributed by atoms with E-state index in [1.54, 1.807) is 0 Å². The second-order valence-corrected chi connectivity index (χ2v) is 6.12. The number of hydrogen-bond acceptors (Lipinski definition) is 2. The first-order chi connectivity index (χ1) is 8.32. The summed E-state index contributed by atoms with van der Waals surface area (Å²) >= 11 is 6.12.